The SMILES string of the molecule is Cc1cc(C(=O)CN2C(=O)N[C@@](C)(c3ccc(F)c(F)c3)C2=O)c(C)n1CCc1cccs1. The van der Waals surface area contributed by atoms with Crippen molar-refractivity contribution in [1.82, 2.24) is 14.8 Å². The lowest BCUT2D eigenvalue weighted by Gasteiger charge is -2.22. The van der Waals surface area contributed by atoms with Gasteiger partial charge in [-0.05, 0) is 62.4 Å². The summed E-state index contributed by atoms with van der Waals surface area (Å²) >= 11 is 1.68. The van der Waals surface area contributed by atoms with Gasteiger partial charge in [0.25, 0.3) is 5.91 Å². The minimum Gasteiger partial charge on any atom is -0.348 e. The highest BCUT2D eigenvalue weighted by atomic mass is 32.1. The van der Waals surface area contributed by atoms with Crippen molar-refractivity contribution in [3.63, 3.8) is 0 Å². The maximum Gasteiger partial charge on any atom is 0.325 e. The van der Waals surface area contributed by atoms with Crippen LogP contribution in [0.3, 0.4) is 0 Å². The van der Waals surface area contributed by atoms with E-state index < -0.39 is 35.7 Å². The summed E-state index contributed by atoms with van der Waals surface area (Å²) in [4.78, 5) is 40.7. The van der Waals surface area contributed by atoms with Gasteiger partial charge in [0.15, 0.2) is 17.4 Å². The number of amides is 3. The summed E-state index contributed by atoms with van der Waals surface area (Å²) in [6.45, 7) is 5.42. The van der Waals surface area contributed by atoms with Gasteiger partial charge in [-0.2, -0.15) is 0 Å². The number of aryl methyl sites for hydroxylation is 2. The molecule has 2 aromatic heterocycles. The third kappa shape index (κ3) is 4.08. The molecule has 1 N–H and O–H groups in total. The molecule has 0 spiro atoms. The summed E-state index contributed by atoms with van der Waals surface area (Å²) in [5.41, 5.74) is 0.631. The Bertz CT molecular complexity index is 1250. The number of nitrogens with zero attached hydrogens (tertiary/aromatic N) is 2. The van der Waals surface area contributed by atoms with Crippen LogP contribution in [0.5, 0.6) is 0 Å². The molecule has 3 amide bonds. The number of aromatic nitrogens is 1. The third-order valence-electron chi connectivity index (χ3n) is 6.11. The number of hydrogen-bond acceptors (Lipinski definition) is 4. The summed E-state index contributed by atoms with van der Waals surface area (Å²) in [7, 11) is 0. The van der Waals surface area contributed by atoms with Crippen LogP contribution in [-0.2, 0) is 23.3 Å². The summed E-state index contributed by atoms with van der Waals surface area (Å²) in [5.74, 6) is -3.25. The summed E-state index contributed by atoms with van der Waals surface area (Å²) in [6.07, 6.45) is 0.835. The number of carbonyl (C=O) groups excluding carboxylic acids is 3. The van der Waals surface area contributed by atoms with Crippen LogP contribution in [-0.4, -0.2) is 33.7 Å². The van der Waals surface area contributed by atoms with E-state index in [0.29, 0.717) is 12.1 Å². The molecule has 3 aromatic rings. The Hall–Kier alpha value is -3.33. The zero-order chi connectivity index (χ0) is 23.9. The first-order chi connectivity index (χ1) is 15.6. The monoisotopic (exact) mass is 471 g/mol. The van der Waals surface area contributed by atoms with Crippen LogP contribution >= 0.6 is 11.3 Å². The number of ketones is 1. The molecule has 0 bridgehead atoms. The molecule has 6 nitrogen and oxygen atoms in total. The standard InChI is InChI=1S/C24H23F2N3O3S/c1-14-11-18(15(2)28(14)9-8-17-5-4-10-33-17)21(30)13-29-22(31)24(3,27-23(29)32)16-6-7-19(25)20(26)12-16/h4-7,10-12H,8-9,13H2,1-3H3,(H,27,32)/t24-/m0/s1. The number of Topliss-reactive ketones (excluding diaryl/α,β-unsaturated/α-hetero) is 1. The molecule has 1 fully saturated rings. The molecule has 1 aliphatic rings. The first kappa shape index (κ1) is 22.8. The van der Waals surface area contributed by atoms with E-state index in [-0.39, 0.29) is 11.3 Å². The molecule has 1 aliphatic heterocycles. The lowest BCUT2D eigenvalue weighted by Crippen LogP contribution is -2.41. The number of nitrogens with one attached hydrogen (secondary N) is 1. The molecular formula is C24H23F2N3O3S. The minimum absolute atomic E-state index is 0.0986. The number of rotatable bonds is 7. The number of hydrogen-bond donors (Lipinski definition) is 1. The topological polar surface area (TPSA) is 71.4 Å². The van der Waals surface area contributed by atoms with Crippen molar-refractivity contribution < 1.29 is 23.2 Å². The fourth-order valence-electron chi connectivity index (χ4n) is 4.18. The Balaban J connectivity index is 1.52. The van der Waals surface area contributed by atoms with Gasteiger partial charge in [-0.25, -0.2) is 13.6 Å². The van der Waals surface area contributed by atoms with Crippen LogP contribution in [0.15, 0.2) is 41.8 Å². The van der Waals surface area contributed by atoms with E-state index >= 15 is 0 Å². The van der Waals surface area contributed by atoms with Crippen LogP contribution < -0.4 is 5.32 Å². The van der Waals surface area contributed by atoms with E-state index in [1.165, 1.54) is 17.9 Å². The van der Waals surface area contributed by atoms with Crippen molar-refractivity contribution in [1.29, 1.82) is 0 Å². The van der Waals surface area contributed by atoms with Gasteiger partial charge in [-0.15, -0.1) is 11.3 Å². The molecule has 172 valence electrons. The highest BCUT2D eigenvalue weighted by Crippen LogP contribution is 2.30. The van der Waals surface area contributed by atoms with Crippen LogP contribution in [0.2, 0.25) is 0 Å². The summed E-state index contributed by atoms with van der Waals surface area (Å²) < 4.78 is 29.1. The van der Waals surface area contributed by atoms with Crippen molar-refractivity contribution in [2.75, 3.05) is 6.54 Å². The van der Waals surface area contributed by atoms with Gasteiger partial charge in [0.1, 0.15) is 5.54 Å². The Morgan fingerprint density at radius 2 is 1.88 bits per heavy atom. The average Bonchev–Trinajstić information content (AvgIpc) is 3.44. The highest BCUT2D eigenvalue weighted by molar-refractivity contribution is 7.09. The normalized spacial score (nSPS) is 18.2. The maximum atomic E-state index is 13.7. The van der Waals surface area contributed by atoms with Crippen molar-refractivity contribution >= 4 is 29.1 Å². The molecule has 1 atom stereocenters. The number of benzene rings is 1. The maximum absolute atomic E-state index is 13.7. The second-order valence-corrected chi connectivity index (χ2v) is 9.30. The largest absolute Gasteiger partial charge is 0.348 e. The molecule has 4 rings (SSSR count). The van der Waals surface area contributed by atoms with Crippen molar-refractivity contribution in [2.24, 2.45) is 0 Å². The van der Waals surface area contributed by atoms with Crippen LogP contribution in [0, 0.1) is 25.5 Å². The Morgan fingerprint density at radius 1 is 1.12 bits per heavy atom. The zero-order valence-corrected chi connectivity index (χ0v) is 19.3. The van der Waals surface area contributed by atoms with E-state index in [0.717, 1.165) is 34.8 Å². The molecule has 0 unspecified atom stereocenters. The lowest BCUT2D eigenvalue weighted by molar-refractivity contribution is -0.130. The van der Waals surface area contributed by atoms with Gasteiger partial charge in [0.05, 0.1) is 6.54 Å². The van der Waals surface area contributed by atoms with Gasteiger partial charge >= 0.3 is 6.03 Å². The van der Waals surface area contributed by atoms with Crippen LogP contribution in [0.25, 0.3) is 0 Å². The molecule has 1 aromatic carbocycles. The van der Waals surface area contributed by atoms with Crippen molar-refractivity contribution in [3.8, 4) is 0 Å². The number of thiophene rings is 1. The van der Waals surface area contributed by atoms with E-state index in [1.807, 2.05) is 29.9 Å². The molecular weight excluding hydrogens is 448 g/mol. The molecule has 33 heavy (non-hydrogen) atoms. The van der Waals surface area contributed by atoms with Crippen molar-refractivity contribution in [3.05, 3.63) is 80.8 Å². The quantitative estimate of drug-likeness (QED) is 0.412. The summed E-state index contributed by atoms with van der Waals surface area (Å²) in [5, 5.41) is 4.53. The average molecular weight is 472 g/mol. The molecule has 1 saturated heterocycles. The van der Waals surface area contributed by atoms with Gasteiger partial charge in [0, 0.05) is 28.4 Å². The van der Waals surface area contributed by atoms with E-state index in [2.05, 4.69) is 11.4 Å². The number of carbonyl (C=O) groups is 3. The third-order valence-corrected chi connectivity index (χ3v) is 7.05. The predicted octanol–water partition coefficient (Wildman–Crippen LogP) is 4.34. The minimum atomic E-state index is -1.59. The fourth-order valence-corrected chi connectivity index (χ4v) is 4.87. The van der Waals surface area contributed by atoms with Crippen LogP contribution in [0.4, 0.5) is 13.6 Å². The van der Waals surface area contributed by atoms with Gasteiger partial charge < -0.3 is 9.88 Å². The predicted molar refractivity (Wildman–Crippen MR) is 120 cm³/mol. The number of urea groups is 1. The second-order valence-electron chi connectivity index (χ2n) is 8.26. The smallest absolute Gasteiger partial charge is 0.325 e. The Morgan fingerprint density at radius 3 is 2.55 bits per heavy atom. The fraction of sp³-hybridized carbons (Fsp3) is 0.292. The Labute approximate surface area is 193 Å². The first-order valence-corrected chi connectivity index (χ1v) is 11.3. The van der Waals surface area contributed by atoms with E-state index in [4.69, 9.17) is 0 Å². The Kier molecular flexibility index (Phi) is 5.92. The molecule has 0 aliphatic carbocycles. The number of halogens is 2. The van der Waals surface area contributed by atoms with Gasteiger partial charge in [-0.1, -0.05) is 12.1 Å². The summed E-state index contributed by atoms with van der Waals surface area (Å²) in [6, 6.07) is 8.08. The van der Waals surface area contributed by atoms with Crippen molar-refractivity contribution in [2.45, 2.75) is 39.3 Å². The first-order valence-electron chi connectivity index (χ1n) is 10.4. The molecule has 9 heteroatoms. The molecule has 0 radical (unpaired) electrons. The molecule has 3 heterocycles. The van der Waals surface area contributed by atoms with Crippen LogP contribution in [0.1, 0.15) is 39.1 Å². The highest BCUT2D eigenvalue weighted by Gasteiger charge is 2.49. The second kappa shape index (κ2) is 8.55. The van der Waals surface area contributed by atoms with E-state index in [1.54, 1.807) is 17.4 Å². The lowest BCUT2D eigenvalue weighted by atomic mass is 9.92. The molecule has 0 saturated carbocycles. The zero-order valence-electron chi connectivity index (χ0n) is 18.4. The van der Waals surface area contributed by atoms with E-state index in [9.17, 15) is 23.2 Å². The number of imide groups is 1. The van der Waals surface area contributed by atoms with Gasteiger partial charge in [0.2, 0.25) is 0 Å². The van der Waals surface area contributed by atoms with Gasteiger partial charge in [-0.3, -0.25) is 14.5 Å².